The molecule has 0 aromatic carbocycles. The highest BCUT2D eigenvalue weighted by atomic mass is 32.3. The van der Waals surface area contributed by atoms with Gasteiger partial charge in [0.25, 0.3) is 0 Å². The Labute approximate surface area is 218 Å². The predicted molar refractivity (Wildman–Crippen MR) is 138 cm³/mol. The van der Waals surface area contributed by atoms with E-state index in [-0.39, 0.29) is 46.2 Å². The van der Waals surface area contributed by atoms with Crippen LogP contribution in [0.2, 0.25) is 0 Å². The zero-order valence-electron chi connectivity index (χ0n) is 22.4. The lowest BCUT2D eigenvalue weighted by Crippen LogP contribution is -2.28. The molecule has 0 spiro atoms. The fraction of sp³-hybridized carbons (Fsp3) is 1.00. The third-order valence-corrected chi connectivity index (χ3v) is 5.56. The van der Waals surface area contributed by atoms with E-state index in [1.54, 1.807) is 0 Å². The van der Waals surface area contributed by atoms with Gasteiger partial charge in [-0.25, -0.2) is 18.7 Å². The molecule has 0 aromatic heterocycles. The summed E-state index contributed by atoms with van der Waals surface area (Å²) in [4.78, 5) is 14.1. The third-order valence-electron chi connectivity index (χ3n) is 5.09. The normalized spacial score (nSPS) is 11.6. The highest BCUT2D eigenvalue weighted by molar-refractivity contribution is 7.80. The summed E-state index contributed by atoms with van der Waals surface area (Å²) in [6.45, 7) is 1.85. The van der Waals surface area contributed by atoms with Crippen LogP contribution in [0.1, 0.15) is 110 Å². The lowest BCUT2D eigenvalue weighted by Gasteiger charge is -2.17. The molecule has 0 amide bonds. The van der Waals surface area contributed by atoms with E-state index in [4.69, 9.17) is 34.4 Å². The fourth-order valence-electron chi connectivity index (χ4n) is 3.27. The zero-order chi connectivity index (χ0) is 27.2. The topological polar surface area (TPSA) is 155 Å². The van der Waals surface area contributed by atoms with E-state index in [2.05, 4.69) is 11.1 Å². The van der Waals surface area contributed by atoms with Gasteiger partial charge in [0, 0.05) is 0 Å². The summed E-state index contributed by atoms with van der Waals surface area (Å²) >= 11 is 0. The van der Waals surface area contributed by atoms with Crippen molar-refractivity contribution in [3.63, 3.8) is 0 Å². The standard InChI is InChI=1S/C18H38O4S.C6H15NO6/c1-2-3-4-5-6-7-8-9-10-11-12-13-14-15-16-17-18-22-23(19,20)21;8-1-4-11-7(12-5-2-9)13-6-3-10/h2-18H2,1H3,(H,19,20,21);8-10H,1-6H2. The third kappa shape index (κ3) is 35.8. The summed E-state index contributed by atoms with van der Waals surface area (Å²) in [5.41, 5.74) is 0. The molecule has 220 valence electrons. The molecule has 0 atom stereocenters. The molecule has 0 radical (unpaired) electrons. The van der Waals surface area contributed by atoms with Gasteiger partial charge in [0.2, 0.25) is 0 Å². The molecule has 0 rings (SSSR count). The molecular weight excluding hydrogens is 494 g/mol. The minimum Gasteiger partial charge on any atom is -0.394 e. The van der Waals surface area contributed by atoms with Crippen molar-refractivity contribution in [3.05, 3.63) is 0 Å². The Morgan fingerprint density at radius 2 is 0.833 bits per heavy atom. The Balaban J connectivity index is 0. The van der Waals surface area contributed by atoms with Gasteiger partial charge in [-0.2, -0.15) is 8.42 Å². The van der Waals surface area contributed by atoms with Gasteiger partial charge in [0.05, 0.1) is 51.6 Å². The number of rotatable bonds is 27. The first-order valence-corrected chi connectivity index (χ1v) is 14.9. The smallest absolute Gasteiger partial charge is 0.394 e. The number of nitrogens with zero attached hydrogens (tertiary/aromatic N) is 1. The summed E-state index contributed by atoms with van der Waals surface area (Å²) in [7, 11) is -4.24. The number of aliphatic hydroxyl groups excluding tert-OH is 3. The van der Waals surface area contributed by atoms with Gasteiger partial charge in [-0.1, -0.05) is 103 Å². The van der Waals surface area contributed by atoms with Crippen molar-refractivity contribution in [2.24, 2.45) is 0 Å². The first-order chi connectivity index (χ1) is 17.4. The molecule has 0 aliphatic rings. The van der Waals surface area contributed by atoms with E-state index in [1.807, 2.05) is 0 Å². The molecule has 0 aromatic rings. The Kier molecular flexibility index (Phi) is 32.3. The fourth-order valence-corrected chi connectivity index (χ4v) is 3.60. The Hall–Kier alpha value is -0.410. The van der Waals surface area contributed by atoms with E-state index in [1.165, 1.54) is 83.5 Å². The summed E-state index contributed by atoms with van der Waals surface area (Å²) in [6.07, 6.45) is 20.5. The summed E-state index contributed by atoms with van der Waals surface area (Å²) in [5.74, 6) is 0. The average Bonchev–Trinajstić information content (AvgIpc) is 2.85. The summed E-state index contributed by atoms with van der Waals surface area (Å²) in [5, 5.41) is 25.9. The van der Waals surface area contributed by atoms with Gasteiger partial charge in [-0.05, 0) is 6.42 Å². The lowest BCUT2D eigenvalue weighted by atomic mass is 10.0. The minimum atomic E-state index is -4.24. The Bertz CT molecular complexity index is 492. The highest BCUT2D eigenvalue weighted by Gasteiger charge is 2.05. The Morgan fingerprint density at radius 3 is 1.11 bits per heavy atom. The number of hydrogen-bond donors (Lipinski definition) is 4. The second-order valence-corrected chi connectivity index (χ2v) is 9.54. The zero-order valence-corrected chi connectivity index (χ0v) is 23.2. The van der Waals surface area contributed by atoms with Gasteiger partial charge < -0.3 is 15.3 Å². The van der Waals surface area contributed by atoms with E-state index in [0.717, 1.165) is 12.8 Å². The molecule has 12 heteroatoms. The van der Waals surface area contributed by atoms with Crippen molar-refractivity contribution >= 4 is 10.4 Å². The van der Waals surface area contributed by atoms with Crippen LogP contribution in [-0.4, -0.2) is 79.9 Å². The van der Waals surface area contributed by atoms with Crippen LogP contribution in [0.4, 0.5) is 0 Å². The van der Waals surface area contributed by atoms with Crippen molar-refractivity contribution in [1.82, 2.24) is 5.39 Å². The van der Waals surface area contributed by atoms with Crippen LogP contribution >= 0.6 is 0 Å². The average molecular weight is 548 g/mol. The number of unbranched alkanes of at least 4 members (excludes halogenated alkanes) is 15. The molecule has 4 N–H and O–H groups in total. The van der Waals surface area contributed by atoms with Crippen molar-refractivity contribution in [2.45, 2.75) is 110 Å². The molecule has 0 aliphatic carbocycles. The van der Waals surface area contributed by atoms with Crippen LogP contribution in [-0.2, 0) is 29.1 Å². The SMILES string of the molecule is CCCCCCCCCCCCCCCCCCOS(=O)(=O)O.OCCON(OCCO)OCCO. The molecule has 0 saturated heterocycles. The van der Waals surface area contributed by atoms with Crippen LogP contribution in [0.15, 0.2) is 0 Å². The molecule has 0 aliphatic heterocycles. The monoisotopic (exact) mass is 547 g/mol. The van der Waals surface area contributed by atoms with Crippen LogP contribution in [0.5, 0.6) is 0 Å². The first kappa shape index (κ1) is 37.7. The highest BCUT2D eigenvalue weighted by Crippen LogP contribution is 2.13. The van der Waals surface area contributed by atoms with Crippen molar-refractivity contribution in [3.8, 4) is 0 Å². The van der Waals surface area contributed by atoms with Gasteiger partial charge in [-0.3, -0.25) is 4.55 Å². The molecule has 0 bridgehead atoms. The van der Waals surface area contributed by atoms with Crippen molar-refractivity contribution in [2.75, 3.05) is 46.2 Å². The largest absolute Gasteiger partial charge is 0.397 e. The van der Waals surface area contributed by atoms with Crippen molar-refractivity contribution in [1.29, 1.82) is 0 Å². The summed E-state index contributed by atoms with van der Waals surface area (Å²) < 4.78 is 33.3. The lowest BCUT2D eigenvalue weighted by molar-refractivity contribution is -0.527. The molecular formula is C24H53NO10S. The molecule has 0 heterocycles. The van der Waals surface area contributed by atoms with Crippen LogP contribution in [0.25, 0.3) is 0 Å². The van der Waals surface area contributed by atoms with Gasteiger partial charge in [0.15, 0.2) is 0 Å². The molecule has 0 fully saturated rings. The molecule has 11 nitrogen and oxygen atoms in total. The maximum Gasteiger partial charge on any atom is 0.397 e. The second kappa shape index (κ2) is 30.8. The maximum atomic E-state index is 10.3. The number of aliphatic hydroxyl groups is 3. The van der Waals surface area contributed by atoms with E-state index in [0.29, 0.717) is 11.8 Å². The predicted octanol–water partition coefficient (Wildman–Crippen LogP) is 4.13. The maximum absolute atomic E-state index is 10.3. The number of hydrogen-bond acceptors (Lipinski definition) is 10. The van der Waals surface area contributed by atoms with Crippen LogP contribution < -0.4 is 0 Å². The van der Waals surface area contributed by atoms with Crippen LogP contribution in [0, 0.1) is 0 Å². The van der Waals surface area contributed by atoms with E-state index >= 15 is 0 Å². The minimum absolute atomic E-state index is 0.0108. The summed E-state index contributed by atoms with van der Waals surface area (Å²) in [6, 6.07) is 0. The van der Waals surface area contributed by atoms with Crippen molar-refractivity contribution < 1.29 is 47.0 Å². The van der Waals surface area contributed by atoms with Gasteiger partial charge >= 0.3 is 10.4 Å². The van der Waals surface area contributed by atoms with Crippen LogP contribution in [0.3, 0.4) is 0 Å². The quantitative estimate of drug-likeness (QED) is 0.0666. The van der Waals surface area contributed by atoms with Gasteiger partial charge in [0.1, 0.15) is 0 Å². The molecule has 36 heavy (non-hydrogen) atoms. The van der Waals surface area contributed by atoms with E-state index in [9.17, 15) is 8.42 Å². The Morgan fingerprint density at radius 1 is 0.528 bits per heavy atom. The molecule has 0 saturated carbocycles. The van der Waals surface area contributed by atoms with Gasteiger partial charge in [-0.15, -0.1) is 0 Å². The molecule has 0 unspecified atom stereocenters. The first-order valence-electron chi connectivity index (χ1n) is 13.5. The van der Waals surface area contributed by atoms with E-state index < -0.39 is 10.4 Å². The second-order valence-electron chi connectivity index (χ2n) is 8.45.